The third-order valence-electron chi connectivity index (χ3n) is 2.78. The molecule has 2 aromatic heterocycles. The SMILES string of the molecule is O=C(OC1CCSC1)c1ccc2cc[nH]c2n1. The second-order valence-electron chi connectivity index (χ2n) is 4.00. The van der Waals surface area contributed by atoms with Gasteiger partial charge in [-0.25, -0.2) is 9.78 Å². The lowest BCUT2D eigenvalue weighted by molar-refractivity contribution is 0.0350. The van der Waals surface area contributed by atoms with Gasteiger partial charge >= 0.3 is 5.97 Å². The van der Waals surface area contributed by atoms with Crippen LogP contribution in [-0.2, 0) is 4.74 Å². The van der Waals surface area contributed by atoms with Gasteiger partial charge in [0.25, 0.3) is 0 Å². The molecule has 1 N–H and O–H groups in total. The van der Waals surface area contributed by atoms with Crippen LogP contribution in [0.5, 0.6) is 0 Å². The summed E-state index contributed by atoms with van der Waals surface area (Å²) >= 11 is 1.82. The van der Waals surface area contributed by atoms with E-state index < -0.39 is 0 Å². The van der Waals surface area contributed by atoms with Crippen molar-refractivity contribution in [1.29, 1.82) is 0 Å². The largest absolute Gasteiger partial charge is 0.457 e. The number of thioether (sulfide) groups is 1. The molecular weight excluding hydrogens is 236 g/mol. The van der Waals surface area contributed by atoms with Gasteiger partial charge in [-0.2, -0.15) is 11.8 Å². The fraction of sp³-hybridized carbons (Fsp3) is 0.333. The van der Waals surface area contributed by atoms with E-state index in [0.717, 1.165) is 29.0 Å². The molecule has 0 radical (unpaired) electrons. The average Bonchev–Trinajstić information content (AvgIpc) is 2.97. The van der Waals surface area contributed by atoms with Crippen LogP contribution in [0.3, 0.4) is 0 Å². The van der Waals surface area contributed by atoms with E-state index in [-0.39, 0.29) is 12.1 Å². The van der Waals surface area contributed by atoms with Crippen molar-refractivity contribution in [2.24, 2.45) is 0 Å². The molecule has 3 rings (SSSR count). The summed E-state index contributed by atoms with van der Waals surface area (Å²) in [6.45, 7) is 0. The standard InChI is InChI=1S/C12H12N2O2S/c15-12(16-9-4-6-17-7-9)10-2-1-8-3-5-13-11(8)14-10/h1-3,5,9H,4,6-7H2,(H,13,14). The molecule has 17 heavy (non-hydrogen) atoms. The maximum atomic E-state index is 11.9. The number of aromatic nitrogens is 2. The number of carbonyl (C=O) groups is 1. The summed E-state index contributed by atoms with van der Waals surface area (Å²) in [7, 11) is 0. The number of carbonyl (C=O) groups excluding carboxylic acids is 1. The first-order valence-corrected chi connectivity index (χ1v) is 6.71. The van der Waals surface area contributed by atoms with E-state index in [1.165, 1.54) is 0 Å². The summed E-state index contributed by atoms with van der Waals surface area (Å²) in [5.41, 5.74) is 1.09. The van der Waals surface area contributed by atoms with Gasteiger partial charge in [0.2, 0.25) is 0 Å². The number of hydrogen-bond acceptors (Lipinski definition) is 4. The van der Waals surface area contributed by atoms with Crippen LogP contribution >= 0.6 is 11.8 Å². The molecule has 0 aliphatic carbocycles. The highest BCUT2D eigenvalue weighted by Gasteiger charge is 2.21. The zero-order valence-corrected chi connectivity index (χ0v) is 10.00. The second kappa shape index (κ2) is 4.41. The maximum Gasteiger partial charge on any atom is 0.357 e. The summed E-state index contributed by atoms with van der Waals surface area (Å²) < 4.78 is 5.39. The van der Waals surface area contributed by atoms with Crippen molar-refractivity contribution in [3.8, 4) is 0 Å². The highest BCUT2D eigenvalue weighted by atomic mass is 32.2. The normalized spacial score (nSPS) is 19.6. The van der Waals surface area contributed by atoms with Crippen molar-refractivity contribution in [3.05, 3.63) is 30.1 Å². The summed E-state index contributed by atoms with van der Waals surface area (Å²) in [4.78, 5) is 19.1. The number of nitrogens with one attached hydrogen (secondary N) is 1. The summed E-state index contributed by atoms with van der Waals surface area (Å²) in [5.74, 6) is 1.64. The molecular formula is C12H12N2O2S. The lowest BCUT2D eigenvalue weighted by Gasteiger charge is -2.09. The van der Waals surface area contributed by atoms with Gasteiger partial charge in [-0.15, -0.1) is 0 Å². The molecule has 1 aliphatic rings. The van der Waals surface area contributed by atoms with Gasteiger partial charge in [0, 0.05) is 17.3 Å². The van der Waals surface area contributed by atoms with E-state index in [1.54, 1.807) is 12.3 Å². The number of H-pyrrole nitrogens is 1. The minimum atomic E-state index is -0.325. The highest BCUT2D eigenvalue weighted by molar-refractivity contribution is 7.99. The molecule has 88 valence electrons. The van der Waals surface area contributed by atoms with Gasteiger partial charge < -0.3 is 9.72 Å². The number of esters is 1. The molecule has 4 nitrogen and oxygen atoms in total. The van der Waals surface area contributed by atoms with E-state index in [1.807, 2.05) is 23.9 Å². The number of pyridine rings is 1. The molecule has 2 aromatic rings. The molecule has 1 saturated heterocycles. The predicted octanol–water partition coefficient (Wildman–Crippen LogP) is 2.23. The molecule has 1 atom stereocenters. The van der Waals surface area contributed by atoms with Crippen molar-refractivity contribution in [1.82, 2.24) is 9.97 Å². The number of aromatic amines is 1. The van der Waals surface area contributed by atoms with Crippen LogP contribution in [0.15, 0.2) is 24.4 Å². The van der Waals surface area contributed by atoms with E-state index in [2.05, 4.69) is 9.97 Å². The van der Waals surface area contributed by atoms with Gasteiger partial charge in [-0.1, -0.05) is 0 Å². The Labute approximate surface area is 103 Å². The second-order valence-corrected chi connectivity index (χ2v) is 5.15. The lowest BCUT2D eigenvalue weighted by Crippen LogP contribution is -2.18. The fourth-order valence-electron chi connectivity index (χ4n) is 1.86. The van der Waals surface area contributed by atoms with Crippen molar-refractivity contribution in [2.75, 3.05) is 11.5 Å². The van der Waals surface area contributed by atoms with E-state index in [4.69, 9.17) is 4.74 Å². The van der Waals surface area contributed by atoms with Crippen LogP contribution in [0.2, 0.25) is 0 Å². The highest BCUT2D eigenvalue weighted by Crippen LogP contribution is 2.21. The maximum absolute atomic E-state index is 11.9. The molecule has 0 amide bonds. The van der Waals surface area contributed by atoms with Crippen LogP contribution in [0.25, 0.3) is 11.0 Å². The van der Waals surface area contributed by atoms with Crippen LogP contribution in [0.1, 0.15) is 16.9 Å². The van der Waals surface area contributed by atoms with Gasteiger partial charge in [-0.05, 0) is 30.4 Å². The van der Waals surface area contributed by atoms with E-state index in [0.29, 0.717) is 5.69 Å². The minimum absolute atomic E-state index is 0.0497. The molecule has 1 unspecified atom stereocenters. The summed E-state index contributed by atoms with van der Waals surface area (Å²) in [6, 6.07) is 5.50. The number of hydrogen-bond donors (Lipinski definition) is 1. The molecule has 5 heteroatoms. The quantitative estimate of drug-likeness (QED) is 0.828. The predicted molar refractivity (Wildman–Crippen MR) is 67.2 cm³/mol. The van der Waals surface area contributed by atoms with Gasteiger partial charge in [0.15, 0.2) is 5.69 Å². The van der Waals surface area contributed by atoms with Crippen LogP contribution in [0.4, 0.5) is 0 Å². The van der Waals surface area contributed by atoms with Gasteiger partial charge in [-0.3, -0.25) is 0 Å². The Morgan fingerprint density at radius 2 is 2.41 bits per heavy atom. The number of rotatable bonds is 2. The lowest BCUT2D eigenvalue weighted by atomic mass is 10.3. The smallest absolute Gasteiger partial charge is 0.357 e. The fourth-order valence-corrected chi connectivity index (χ4v) is 2.96. The molecule has 3 heterocycles. The van der Waals surface area contributed by atoms with Crippen molar-refractivity contribution in [2.45, 2.75) is 12.5 Å². The third kappa shape index (κ3) is 2.15. The number of nitrogens with zero attached hydrogens (tertiary/aromatic N) is 1. The minimum Gasteiger partial charge on any atom is -0.457 e. The van der Waals surface area contributed by atoms with Crippen molar-refractivity contribution in [3.63, 3.8) is 0 Å². The molecule has 0 saturated carbocycles. The third-order valence-corrected chi connectivity index (χ3v) is 3.91. The Balaban J connectivity index is 1.79. The Morgan fingerprint density at radius 3 is 3.24 bits per heavy atom. The number of fused-ring (bicyclic) bond motifs is 1. The zero-order valence-electron chi connectivity index (χ0n) is 9.18. The molecule has 1 fully saturated rings. The van der Waals surface area contributed by atoms with Crippen LogP contribution in [0, 0.1) is 0 Å². The Hall–Kier alpha value is -1.49. The molecule has 1 aliphatic heterocycles. The molecule has 0 spiro atoms. The first-order valence-electron chi connectivity index (χ1n) is 5.56. The monoisotopic (exact) mass is 248 g/mol. The molecule has 0 aromatic carbocycles. The van der Waals surface area contributed by atoms with Crippen molar-refractivity contribution < 1.29 is 9.53 Å². The van der Waals surface area contributed by atoms with E-state index >= 15 is 0 Å². The van der Waals surface area contributed by atoms with E-state index in [9.17, 15) is 4.79 Å². The zero-order chi connectivity index (χ0) is 11.7. The Bertz CT molecular complexity index is 546. The van der Waals surface area contributed by atoms with Crippen LogP contribution in [-0.4, -0.2) is 33.5 Å². The Morgan fingerprint density at radius 1 is 1.47 bits per heavy atom. The summed E-state index contributed by atoms with van der Waals surface area (Å²) in [5, 5.41) is 0.998. The number of ether oxygens (including phenoxy) is 1. The summed E-state index contributed by atoms with van der Waals surface area (Å²) in [6.07, 6.45) is 2.80. The first-order chi connectivity index (χ1) is 8.33. The molecule has 0 bridgehead atoms. The van der Waals surface area contributed by atoms with Crippen LogP contribution < -0.4 is 0 Å². The van der Waals surface area contributed by atoms with Gasteiger partial charge in [0.05, 0.1) is 0 Å². The average molecular weight is 248 g/mol. The Kier molecular flexibility index (Phi) is 2.76. The van der Waals surface area contributed by atoms with Gasteiger partial charge in [0.1, 0.15) is 11.8 Å². The first kappa shape index (κ1) is 10.7. The van der Waals surface area contributed by atoms with Crippen molar-refractivity contribution >= 4 is 28.8 Å². The topological polar surface area (TPSA) is 55.0 Å².